The van der Waals surface area contributed by atoms with E-state index >= 15 is 0 Å². The summed E-state index contributed by atoms with van der Waals surface area (Å²) in [5.41, 5.74) is 1.40. The van der Waals surface area contributed by atoms with E-state index in [1.165, 1.54) is 16.8 Å². The van der Waals surface area contributed by atoms with E-state index in [0.29, 0.717) is 12.2 Å². The Balaban J connectivity index is 2.23. The van der Waals surface area contributed by atoms with Crippen LogP contribution in [0.5, 0.6) is 0 Å². The predicted molar refractivity (Wildman–Crippen MR) is 77.7 cm³/mol. The molecule has 0 aliphatic heterocycles. The van der Waals surface area contributed by atoms with E-state index < -0.39 is 4.92 Å². The summed E-state index contributed by atoms with van der Waals surface area (Å²) >= 11 is 3.36. The number of non-ortho nitro benzene ring substituents is 1. The van der Waals surface area contributed by atoms with Crippen molar-refractivity contribution in [2.45, 2.75) is 19.9 Å². The number of hydrogen-bond donors (Lipinski definition) is 1. The lowest BCUT2D eigenvalue weighted by Gasteiger charge is -2.03. The van der Waals surface area contributed by atoms with Crippen LogP contribution in [0.3, 0.4) is 0 Å². The molecule has 1 aromatic carbocycles. The lowest BCUT2D eigenvalue weighted by molar-refractivity contribution is -0.384. The van der Waals surface area contributed by atoms with Gasteiger partial charge in [0.2, 0.25) is 0 Å². The summed E-state index contributed by atoms with van der Waals surface area (Å²) in [7, 11) is 0. The van der Waals surface area contributed by atoms with Crippen LogP contribution in [0.1, 0.15) is 19.0 Å². The normalized spacial score (nSPS) is 10.7. The largest absolute Gasteiger partial charge is 0.311 e. The molecule has 0 fully saturated rings. The number of hydrogen-bond acceptors (Lipinski definition) is 5. The van der Waals surface area contributed by atoms with Crippen molar-refractivity contribution in [1.29, 1.82) is 0 Å². The first-order valence-corrected chi connectivity index (χ1v) is 6.97. The third-order valence-electron chi connectivity index (χ3n) is 2.66. The van der Waals surface area contributed by atoms with Gasteiger partial charge in [0.05, 0.1) is 22.5 Å². The fourth-order valence-electron chi connectivity index (χ4n) is 1.68. The van der Waals surface area contributed by atoms with Gasteiger partial charge in [0.15, 0.2) is 0 Å². The fraction of sp³-hybridized carbons (Fsp3) is 0.333. The number of nitro groups is 1. The van der Waals surface area contributed by atoms with Gasteiger partial charge >= 0.3 is 0 Å². The molecule has 0 amide bonds. The van der Waals surface area contributed by atoms with Crippen LogP contribution in [-0.4, -0.2) is 26.5 Å². The summed E-state index contributed by atoms with van der Waals surface area (Å²) in [6, 6.07) is 4.53. The Bertz CT molecular complexity index is 614. The van der Waals surface area contributed by atoms with Crippen molar-refractivity contribution in [2.24, 2.45) is 0 Å². The van der Waals surface area contributed by atoms with Crippen molar-refractivity contribution in [2.75, 3.05) is 6.54 Å². The van der Waals surface area contributed by atoms with E-state index in [0.717, 1.165) is 23.1 Å². The summed E-state index contributed by atoms with van der Waals surface area (Å²) in [5.74, 6) is 0. The third-order valence-corrected chi connectivity index (χ3v) is 3.33. The molecule has 0 bridgehead atoms. The molecule has 7 nitrogen and oxygen atoms in total. The minimum absolute atomic E-state index is 0.0179. The molecule has 0 aliphatic rings. The molecule has 0 atom stereocenters. The van der Waals surface area contributed by atoms with Crippen molar-refractivity contribution in [1.82, 2.24) is 20.3 Å². The van der Waals surface area contributed by atoms with Gasteiger partial charge in [-0.15, -0.1) is 5.10 Å². The number of nitro benzene ring substituents is 1. The van der Waals surface area contributed by atoms with Crippen LogP contribution in [0.2, 0.25) is 0 Å². The Morgan fingerprint density at radius 2 is 2.30 bits per heavy atom. The van der Waals surface area contributed by atoms with Crippen molar-refractivity contribution in [3.8, 4) is 5.69 Å². The second-order valence-corrected chi connectivity index (χ2v) is 5.08. The van der Waals surface area contributed by atoms with E-state index in [1.54, 1.807) is 12.3 Å². The maximum absolute atomic E-state index is 10.8. The molecule has 2 rings (SSSR count). The highest BCUT2D eigenvalue weighted by atomic mass is 79.9. The first-order valence-electron chi connectivity index (χ1n) is 6.18. The minimum atomic E-state index is -0.434. The molecule has 0 radical (unpaired) electrons. The number of nitrogens with zero attached hydrogens (tertiary/aromatic N) is 4. The Morgan fingerprint density at radius 1 is 1.50 bits per heavy atom. The van der Waals surface area contributed by atoms with Crippen LogP contribution in [-0.2, 0) is 6.54 Å². The van der Waals surface area contributed by atoms with Crippen molar-refractivity contribution < 1.29 is 4.92 Å². The van der Waals surface area contributed by atoms with Crippen LogP contribution >= 0.6 is 15.9 Å². The van der Waals surface area contributed by atoms with E-state index in [1.807, 2.05) is 0 Å². The first-order chi connectivity index (χ1) is 9.61. The zero-order chi connectivity index (χ0) is 14.5. The van der Waals surface area contributed by atoms with Crippen LogP contribution in [0, 0.1) is 10.1 Å². The van der Waals surface area contributed by atoms with Gasteiger partial charge in [-0.3, -0.25) is 10.1 Å². The zero-order valence-electron chi connectivity index (χ0n) is 10.9. The molecule has 0 saturated heterocycles. The van der Waals surface area contributed by atoms with Crippen LogP contribution in [0.4, 0.5) is 5.69 Å². The van der Waals surface area contributed by atoms with Crippen molar-refractivity contribution in [3.63, 3.8) is 0 Å². The molecular weight excluding hydrogens is 326 g/mol. The van der Waals surface area contributed by atoms with Gasteiger partial charge in [0, 0.05) is 23.2 Å². The highest BCUT2D eigenvalue weighted by molar-refractivity contribution is 9.10. The van der Waals surface area contributed by atoms with Gasteiger partial charge in [-0.2, -0.15) is 0 Å². The molecule has 106 valence electrons. The Kier molecular flexibility index (Phi) is 4.80. The molecule has 0 aliphatic carbocycles. The van der Waals surface area contributed by atoms with Crippen molar-refractivity contribution in [3.05, 3.63) is 44.7 Å². The molecule has 0 spiro atoms. The maximum atomic E-state index is 10.8. The molecule has 0 unspecified atom stereocenters. The van der Waals surface area contributed by atoms with Gasteiger partial charge < -0.3 is 5.32 Å². The summed E-state index contributed by atoms with van der Waals surface area (Å²) in [4.78, 5) is 10.4. The van der Waals surface area contributed by atoms with E-state index in [-0.39, 0.29) is 5.69 Å². The van der Waals surface area contributed by atoms with Crippen LogP contribution in [0.25, 0.3) is 5.69 Å². The average molecular weight is 340 g/mol. The quantitative estimate of drug-likeness (QED) is 0.496. The highest BCUT2D eigenvalue weighted by Crippen LogP contribution is 2.25. The maximum Gasteiger partial charge on any atom is 0.271 e. The topological polar surface area (TPSA) is 85.9 Å². The van der Waals surface area contributed by atoms with Crippen molar-refractivity contribution >= 4 is 21.6 Å². The lowest BCUT2D eigenvalue weighted by Crippen LogP contribution is -2.13. The minimum Gasteiger partial charge on any atom is -0.311 e. The zero-order valence-corrected chi connectivity index (χ0v) is 12.5. The standard InChI is InChI=1S/C12H14BrN5O2/c1-2-5-14-7-9-8-17(16-15-9)12-6-10(18(19)20)3-4-11(12)13/h3-4,6,8,14H,2,5,7H2,1H3. The first kappa shape index (κ1) is 14.6. The summed E-state index contributed by atoms with van der Waals surface area (Å²) in [6.45, 7) is 3.62. The molecular formula is C12H14BrN5O2. The number of nitrogens with one attached hydrogen (secondary N) is 1. The lowest BCUT2D eigenvalue weighted by atomic mass is 10.3. The van der Waals surface area contributed by atoms with Gasteiger partial charge in [-0.1, -0.05) is 12.1 Å². The summed E-state index contributed by atoms with van der Waals surface area (Å²) in [5, 5.41) is 22.1. The Hall–Kier alpha value is -1.80. The molecule has 1 N–H and O–H groups in total. The number of aromatic nitrogens is 3. The van der Waals surface area contributed by atoms with Gasteiger partial charge in [-0.05, 0) is 35.0 Å². The summed E-state index contributed by atoms with van der Waals surface area (Å²) in [6.07, 6.45) is 2.80. The molecule has 1 aromatic heterocycles. The number of rotatable bonds is 6. The average Bonchev–Trinajstić information content (AvgIpc) is 2.88. The Morgan fingerprint density at radius 3 is 3.00 bits per heavy atom. The van der Waals surface area contributed by atoms with Gasteiger partial charge in [0.25, 0.3) is 5.69 Å². The second kappa shape index (κ2) is 6.58. The monoisotopic (exact) mass is 339 g/mol. The molecule has 2 aromatic rings. The Labute approximate surface area is 124 Å². The van der Waals surface area contributed by atoms with E-state index in [2.05, 4.69) is 38.5 Å². The van der Waals surface area contributed by atoms with E-state index in [9.17, 15) is 10.1 Å². The molecule has 8 heteroatoms. The predicted octanol–water partition coefficient (Wildman–Crippen LogP) is 2.44. The van der Waals surface area contributed by atoms with E-state index in [4.69, 9.17) is 0 Å². The van der Waals surface area contributed by atoms with Crippen LogP contribution in [0.15, 0.2) is 28.9 Å². The summed E-state index contributed by atoms with van der Waals surface area (Å²) < 4.78 is 2.25. The van der Waals surface area contributed by atoms with Gasteiger partial charge in [0.1, 0.15) is 0 Å². The smallest absolute Gasteiger partial charge is 0.271 e. The van der Waals surface area contributed by atoms with Gasteiger partial charge in [-0.25, -0.2) is 4.68 Å². The van der Waals surface area contributed by atoms with Crippen LogP contribution < -0.4 is 5.32 Å². The fourth-order valence-corrected chi connectivity index (χ4v) is 2.11. The molecule has 20 heavy (non-hydrogen) atoms. The number of benzene rings is 1. The third kappa shape index (κ3) is 3.40. The SMILES string of the molecule is CCCNCc1cn(-c2cc([N+](=O)[O-])ccc2Br)nn1. The second-order valence-electron chi connectivity index (χ2n) is 4.22. The molecule has 0 saturated carbocycles. The molecule has 1 heterocycles. The highest BCUT2D eigenvalue weighted by Gasteiger charge is 2.12. The number of halogens is 1.